The summed E-state index contributed by atoms with van der Waals surface area (Å²) >= 11 is 0. The first-order valence-electron chi connectivity index (χ1n) is 12.2. The van der Waals surface area contributed by atoms with Crippen LogP contribution in [0.5, 0.6) is 0 Å². The van der Waals surface area contributed by atoms with Crippen molar-refractivity contribution in [1.82, 2.24) is 19.8 Å². The Morgan fingerprint density at radius 1 is 1.09 bits per heavy atom. The second-order valence-corrected chi connectivity index (χ2v) is 9.72. The number of allylic oxidation sites excluding steroid dienone is 1. The number of hydrogen-bond donors (Lipinski definition) is 1. The molecule has 1 N–H and O–H groups in total. The Morgan fingerprint density at radius 2 is 1.91 bits per heavy atom. The number of nitrogens with one attached hydrogen (secondary N) is 1. The average Bonchev–Trinajstić information content (AvgIpc) is 2.87. The molecule has 6 nitrogen and oxygen atoms in total. The number of hydrogen-bond acceptors (Lipinski definition) is 6. The molecule has 4 aliphatic rings. The van der Waals surface area contributed by atoms with Gasteiger partial charge in [0.1, 0.15) is 17.5 Å². The molecular weight excluding hydrogens is 439 g/mol. The van der Waals surface area contributed by atoms with E-state index < -0.39 is 0 Å². The highest BCUT2D eigenvalue weighted by molar-refractivity contribution is 6.05. The third-order valence-corrected chi connectivity index (χ3v) is 7.26. The van der Waals surface area contributed by atoms with Gasteiger partial charge >= 0.3 is 0 Å². The fourth-order valence-electron chi connectivity index (χ4n) is 5.24. The monoisotopic (exact) mass is 468 g/mol. The molecule has 35 heavy (non-hydrogen) atoms. The van der Waals surface area contributed by atoms with Gasteiger partial charge in [-0.3, -0.25) is 4.98 Å². The number of aliphatic imine (C=N–C) groups is 1. The second kappa shape index (κ2) is 8.57. The molecule has 4 aliphatic heterocycles. The van der Waals surface area contributed by atoms with Gasteiger partial charge < -0.3 is 15.1 Å². The molecule has 0 saturated carbocycles. The summed E-state index contributed by atoms with van der Waals surface area (Å²) in [6, 6.07) is 9.42. The van der Waals surface area contributed by atoms with E-state index >= 15 is 4.39 Å². The molecule has 1 fully saturated rings. The van der Waals surface area contributed by atoms with Crippen LogP contribution in [0.15, 0.2) is 53.8 Å². The number of anilines is 1. The zero-order chi connectivity index (χ0) is 24.1. The average molecular weight is 469 g/mol. The van der Waals surface area contributed by atoms with Gasteiger partial charge in [-0.15, -0.1) is 0 Å². The molecule has 4 bridgehead atoms. The maximum absolute atomic E-state index is 15.4. The summed E-state index contributed by atoms with van der Waals surface area (Å²) in [5.41, 5.74) is 6.83. The quantitative estimate of drug-likeness (QED) is 0.511. The molecule has 6 heterocycles. The van der Waals surface area contributed by atoms with Gasteiger partial charge in [-0.25, -0.2) is 14.4 Å². The van der Waals surface area contributed by atoms with E-state index in [-0.39, 0.29) is 11.7 Å². The number of pyridine rings is 2. The van der Waals surface area contributed by atoms with Crippen LogP contribution < -0.4 is 5.32 Å². The lowest BCUT2D eigenvalue weighted by molar-refractivity contribution is 0.216. The smallest absolute Gasteiger partial charge is 0.141 e. The molecule has 0 spiro atoms. The van der Waals surface area contributed by atoms with Crippen molar-refractivity contribution in [3.05, 3.63) is 82.6 Å². The van der Waals surface area contributed by atoms with Crippen LogP contribution in [0.2, 0.25) is 0 Å². The highest BCUT2D eigenvalue weighted by Gasteiger charge is 2.28. The number of nitrogens with zero attached hydrogens (tertiary/aromatic N) is 5. The van der Waals surface area contributed by atoms with Crippen molar-refractivity contribution < 1.29 is 4.39 Å². The van der Waals surface area contributed by atoms with Gasteiger partial charge in [-0.1, -0.05) is 25.1 Å². The van der Waals surface area contributed by atoms with E-state index in [4.69, 9.17) is 15.0 Å². The van der Waals surface area contributed by atoms with Gasteiger partial charge in [0.15, 0.2) is 0 Å². The summed E-state index contributed by atoms with van der Waals surface area (Å²) in [4.78, 5) is 19.9. The van der Waals surface area contributed by atoms with Crippen LogP contribution in [0, 0.1) is 12.7 Å². The molecule has 0 radical (unpaired) electrons. The number of piperazine rings is 1. The zero-order valence-electron chi connectivity index (χ0n) is 20.3. The number of benzene rings is 1. The minimum absolute atomic E-state index is 0.0501. The Kier molecular flexibility index (Phi) is 5.37. The Hall–Kier alpha value is -3.58. The van der Waals surface area contributed by atoms with Crippen molar-refractivity contribution in [2.45, 2.75) is 26.2 Å². The fraction of sp³-hybridized carbons (Fsp3) is 0.321. The maximum Gasteiger partial charge on any atom is 0.141 e. The van der Waals surface area contributed by atoms with Crippen molar-refractivity contribution in [3.8, 4) is 11.3 Å². The van der Waals surface area contributed by atoms with E-state index in [1.54, 1.807) is 6.07 Å². The van der Waals surface area contributed by atoms with Gasteiger partial charge in [0.05, 0.1) is 22.6 Å². The summed E-state index contributed by atoms with van der Waals surface area (Å²) in [7, 11) is 2.15. The first-order valence-corrected chi connectivity index (χ1v) is 12.2. The van der Waals surface area contributed by atoms with Crippen LogP contribution in [-0.4, -0.2) is 58.8 Å². The van der Waals surface area contributed by atoms with Gasteiger partial charge in [0.2, 0.25) is 0 Å². The first kappa shape index (κ1) is 21.9. The third kappa shape index (κ3) is 3.80. The van der Waals surface area contributed by atoms with E-state index in [9.17, 15) is 0 Å². The Labute approximate surface area is 205 Å². The van der Waals surface area contributed by atoms with Gasteiger partial charge in [0, 0.05) is 50.3 Å². The van der Waals surface area contributed by atoms with E-state index in [1.807, 2.05) is 31.5 Å². The summed E-state index contributed by atoms with van der Waals surface area (Å²) in [6.07, 6.45) is 6.42. The normalized spacial score (nSPS) is 20.2. The lowest BCUT2D eigenvalue weighted by Crippen LogP contribution is -2.47. The van der Waals surface area contributed by atoms with Gasteiger partial charge in [-0.2, -0.15) is 0 Å². The molecule has 1 aromatic carbocycles. The summed E-state index contributed by atoms with van der Waals surface area (Å²) < 4.78 is 15.4. The molecule has 0 aliphatic carbocycles. The number of rotatable bonds is 0. The third-order valence-electron chi connectivity index (χ3n) is 7.26. The molecule has 2 aromatic heterocycles. The van der Waals surface area contributed by atoms with Crippen LogP contribution in [0.25, 0.3) is 11.3 Å². The maximum atomic E-state index is 15.4. The first-order chi connectivity index (χ1) is 17.0. The Balaban J connectivity index is 1.71. The van der Waals surface area contributed by atoms with E-state index in [2.05, 4.69) is 41.2 Å². The molecular formula is C28H29FN6. The fourth-order valence-corrected chi connectivity index (χ4v) is 5.24. The lowest BCUT2D eigenvalue weighted by atomic mass is 9.93. The lowest BCUT2D eigenvalue weighted by Gasteiger charge is -2.35. The SMILES string of the molecule is Cc1cc2c3nc1-c1c(F)cccc1Cc1ccnc(c1N=C2N1CCN(C)CC1)C(C)/C=C\N3. The Morgan fingerprint density at radius 3 is 2.74 bits per heavy atom. The van der Waals surface area contributed by atoms with Crippen LogP contribution in [0.4, 0.5) is 15.9 Å². The molecule has 1 saturated heterocycles. The van der Waals surface area contributed by atoms with Crippen LogP contribution in [0.3, 0.4) is 0 Å². The predicted molar refractivity (Wildman–Crippen MR) is 138 cm³/mol. The van der Waals surface area contributed by atoms with Crippen molar-refractivity contribution >= 4 is 17.3 Å². The molecule has 7 rings (SSSR count). The van der Waals surface area contributed by atoms with E-state index in [0.717, 1.165) is 65.6 Å². The zero-order valence-corrected chi connectivity index (χ0v) is 20.3. The second-order valence-electron chi connectivity index (χ2n) is 9.72. The number of aryl methyl sites for hydroxylation is 1. The molecule has 0 amide bonds. The molecule has 178 valence electrons. The summed E-state index contributed by atoms with van der Waals surface area (Å²) in [5, 5.41) is 3.41. The highest BCUT2D eigenvalue weighted by atomic mass is 19.1. The van der Waals surface area contributed by atoms with Crippen molar-refractivity contribution in [2.24, 2.45) is 4.99 Å². The molecule has 3 aromatic rings. The van der Waals surface area contributed by atoms with Crippen LogP contribution in [0.1, 0.15) is 40.8 Å². The van der Waals surface area contributed by atoms with Crippen molar-refractivity contribution in [1.29, 1.82) is 0 Å². The van der Waals surface area contributed by atoms with Gasteiger partial charge in [-0.05, 0) is 55.1 Å². The van der Waals surface area contributed by atoms with Crippen molar-refractivity contribution in [2.75, 3.05) is 38.5 Å². The van der Waals surface area contributed by atoms with E-state index in [1.165, 1.54) is 6.07 Å². The largest absolute Gasteiger partial charge is 0.353 e. The minimum Gasteiger partial charge on any atom is -0.353 e. The number of fused-ring (bicyclic) bond motifs is 1. The minimum atomic E-state index is -0.258. The predicted octanol–water partition coefficient (Wildman–Crippen LogP) is 4.86. The molecule has 1 atom stereocenters. The van der Waals surface area contributed by atoms with E-state index in [0.29, 0.717) is 23.5 Å². The molecule has 7 heteroatoms. The summed E-state index contributed by atoms with van der Waals surface area (Å²) in [5.74, 6) is 1.38. The standard InChI is InChI=1S/C28H29FN6/c1-17-7-9-31-27-21-15-18(2)24(32-27)23-19(5-4-6-22(23)29)16-20-8-10-30-25(17)26(20)33-28(21)35-13-11-34(3)12-14-35/h4-10,15,17H,11-14,16H2,1-3H3,(H,31,32)/b9-7-,33-28?. The number of aromatic nitrogens is 2. The number of likely N-dealkylation sites (N-methyl/N-ethyl adjacent to an activating group) is 1. The van der Waals surface area contributed by atoms with Gasteiger partial charge in [0.25, 0.3) is 0 Å². The topological polar surface area (TPSA) is 56.7 Å². The number of amidine groups is 1. The van der Waals surface area contributed by atoms with Crippen LogP contribution in [-0.2, 0) is 6.42 Å². The number of halogens is 1. The summed E-state index contributed by atoms with van der Waals surface area (Å²) in [6.45, 7) is 7.82. The van der Waals surface area contributed by atoms with Crippen molar-refractivity contribution in [3.63, 3.8) is 0 Å². The Bertz CT molecular complexity index is 1370. The van der Waals surface area contributed by atoms with Crippen LogP contribution >= 0.6 is 0 Å². The highest BCUT2D eigenvalue weighted by Crippen LogP contribution is 2.39. The molecule has 1 unspecified atom stereocenters.